The van der Waals surface area contributed by atoms with Crippen LogP contribution in [0.2, 0.25) is 0 Å². The van der Waals surface area contributed by atoms with Gasteiger partial charge in [-0.1, -0.05) is 6.07 Å². The summed E-state index contributed by atoms with van der Waals surface area (Å²) < 4.78 is 15.8. The standard InChI is InChI=1S/C25H37N5O5S/c1-25(2)17-35-13-10-30(25)15-18-6-7-20(19(14-18)22(31)26-8-11-33-4)27-23(32)21-16-36-24(28-21)29(3)9-12-34-5/h6-7,14,16H,8-13,15,17H2,1-5H3,(H,26,31)(H,27,32). The number of anilines is 2. The van der Waals surface area contributed by atoms with Crippen LogP contribution in [0.1, 0.15) is 40.3 Å². The van der Waals surface area contributed by atoms with Crippen molar-refractivity contribution in [3.63, 3.8) is 0 Å². The van der Waals surface area contributed by atoms with Gasteiger partial charge < -0.3 is 29.7 Å². The Labute approximate surface area is 216 Å². The third-order valence-corrected chi connectivity index (χ3v) is 7.00. The number of rotatable bonds is 12. The van der Waals surface area contributed by atoms with Crippen molar-refractivity contribution in [2.75, 3.05) is 77.5 Å². The maximum absolute atomic E-state index is 13.0. The molecule has 3 rings (SSSR count). The smallest absolute Gasteiger partial charge is 0.275 e. The number of hydrogen-bond acceptors (Lipinski definition) is 9. The summed E-state index contributed by atoms with van der Waals surface area (Å²) in [7, 11) is 5.12. The van der Waals surface area contributed by atoms with Gasteiger partial charge in [0, 0.05) is 58.4 Å². The first-order valence-electron chi connectivity index (χ1n) is 11.9. The Kier molecular flexibility index (Phi) is 10.2. The van der Waals surface area contributed by atoms with E-state index >= 15 is 0 Å². The number of carbonyl (C=O) groups excluding carboxylic acids is 2. The van der Waals surface area contributed by atoms with E-state index in [0.29, 0.717) is 63.0 Å². The van der Waals surface area contributed by atoms with Crippen LogP contribution in [0.4, 0.5) is 10.8 Å². The molecule has 0 atom stereocenters. The van der Waals surface area contributed by atoms with Crippen molar-refractivity contribution < 1.29 is 23.8 Å². The molecule has 2 heterocycles. The largest absolute Gasteiger partial charge is 0.383 e. The second-order valence-corrected chi connectivity index (χ2v) is 10.1. The monoisotopic (exact) mass is 519 g/mol. The van der Waals surface area contributed by atoms with Gasteiger partial charge in [0.2, 0.25) is 0 Å². The predicted octanol–water partition coefficient (Wildman–Crippen LogP) is 2.46. The Balaban J connectivity index is 1.79. The molecule has 2 aromatic rings. The van der Waals surface area contributed by atoms with Gasteiger partial charge in [0.15, 0.2) is 5.13 Å². The Bertz CT molecular complexity index is 1030. The van der Waals surface area contributed by atoms with E-state index in [1.165, 1.54) is 11.3 Å². The van der Waals surface area contributed by atoms with Gasteiger partial charge >= 0.3 is 0 Å². The van der Waals surface area contributed by atoms with Crippen molar-refractivity contribution in [3.8, 4) is 0 Å². The first-order chi connectivity index (χ1) is 17.2. The van der Waals surface area contributed by atoms with Crippen LogP contribution >= 0.6 is 11.3 Å². The molecule has 1 fully saturated rings. The number of likely N-dealkylation sites (N-methyl/N-ethyl adjacent to an activating group) is 1. The van der Waals surface area contributed by atoms with Crippen molar-refractivity contribution in [2.45, 2.75) is 25.9 Å². The third-order valence-electron chi connectivity index (χ3n) is 6.04. The lowest BCUT2D eigenvalue weighted by atomic mass is 10.00. The van der Waals surface area contributed by atoms with Gasteiger partial charge in [-0.15, -0.1) is 11.3 Å². The van der Waals surface area contributed by atoms with Gasteiger partial charge in [0.1, 0.15) is 5.69 Å². The fourth-order valence-electron chi connectivity index (χ4n) is 3.81. The number of hydrogen-bond donors (Lipinski definition) is 2. The molecule has 1 saturated heterocycles. The van der Waals surface area contributed by atoms with Crippen LogP contribution in [-0.4, -0.2) is 94.6 Å². The first kappa shape index (κ1) is 28.0. The van der Waals surface area contributed by atoms with Crippen LogP contribution in [0.5, 0.6) is 0 Å². The molecule has 0 bridgehead atoms. The molecule has 0 spiro atoms. The Morgan fingerprint density at radius 2 is 2.00 bits per heavy atom. The molecular formula is C25H37N5O5S. The zero-order valence-electron chi connectivity index (χ0n) is 21.8. The summed E-state index contributed by atoms with van der Waals surface area (Å²) in [4.78, 5) is 34.8. The quantitative estimate of drug-likeness (QED) is 0.412. The van der Waals surface area contributed by atoms with Gasteiger partial charge in [0.25, 0.3) is 11.8 Å². The summed E-state index contributed by atoms with van der Waals surface area (Å²) in [6.07, 6.45) is 0. The molecule has 1 aliphatic rings. The van der Waals surface area contributed by atoms with Crippen molar-refractivity contribution >= 4 is 34.0 Å². The molecule has 0 unspecified atom stereocenters. The zero-order valence-corrected chi connectivity index (χ0v) is 22.6. The maximum atomic E-state index is 13.0. The number of benzene rings is 1. The summed E-state index contributed by atoms with van der Waals surface area (Å²) in [5, 5.41) is 8.17. The molecule has 11 heteroatoms. The first-order valence-corrected chi connectivity index (χ1v) is 12.8. The SMILES string of the molecule is COCCNC(=O)c1cc(CN2CCOCC2(C)C)ccc1NC(=O)c1csc(N(C)CCOC)n1. The number of thiazole rings is 1. The molecule has 1 aromatic carbocycles. The van der Waals surface area contributed by atoms with Crippen molar-refractivity contribution in [3.05, 3.63) is 40.4 Å². The Hall–Kier alpha value is -2.57. The zero-order chi connectivity index (χ0) is 26.1. The second-order valence-electron chi connectivity index (χ2n) is 9.30. The maximum Gasteiger partial charge on any atom is 0.275 e. The van der Waals surface area contributed by atoms with E-state index in [2.05, 4.69) is 34.4 Å². The highest BCUT2D eigenvalue weighted by molar-refractivity contribution is 7.13. The molecule has 0 aliphatic carbocycles. The van der Waals surface area contributed by atoms with E-state index in [4.69, 9.17) is 14.2 Å². The highest BCUT2D eigenvalue weighted by atomic mass is 32.1. The minimum absolute atomic E-state index is 0.106. The van der Waals surface area contributed by atoms with Crippen molar-refractivity contribution in [2.24, 2.45) is 0 Å². The third kappa shape index (κ3) is 7.47. The van der Waals surface area contributed by atoms with Crippen LogP contribution in [-0.2, 0) is 20.8 Å². The molecule has 198 valence electrons. The number of ether oxygens (including phenoxy) is 3. The summed E-state index contributed by atoms with van der Waals surface area (Å²) in [5.41, 5.74) is 2.00. The molecular weight excluding hydrogens is 482 g/mol. The van der Waals surface area contributed by atoms with Gasteiger partial charge in [-0.3, -0.25) is 14.5 Å². The average molecular weight is 520 g/mol. The lowest BCUT2D eigenvalue weighted by molar-refractivity contribution is -0.0552. The van der Waals surface area contributed by atoms with E-state index < -0.39 is 0 Å². The number of morpholine rings is 1. The second kappa shape index (κ2) is 13.1. The number of carbonyl (C=O) groups is 2. The molecule has 0 saturated carbocycles. The number of nitrogens with zero attached hydrogens (tertiary/aromatic N) is 3. The fourth-order valence-corrected chi connectivity index (χ4v) is 4.61. The summed E-state index contributed by atoms with van der Waals surface area (Å²) in [6.45, 7) is 9.10. The summed E-state index contributed by atoms with van der Waals surface area (Å²) in [6, 6.07) is 5.57. The van der Waals surface area contributed by atoms with Crippen molar-refractivity contribution in [1.29, 1.82) is 0 Å². The molecule has 1 aliphatic heterocycles. The Morgan fingerprint density at radius 1 is 1.22 bits per heavy atom. The number of amides is 2. The topological polar surface area (TPSA) is 105 Å². The molecule has 2 N–H and O–H groups in total. The minimum Gasteiger partial charge on any atom is -0.383 e. The van der Waals surface area contributed by atoms with Crippen LogP contribution in [0.15, 0.2) is 23.6 Å². The molecule has 1 aromatic heterocycles. The fraction of sp³-hybridized carbons (Fsp3) is 0.560. The van der Waals surface area contributed by atoms with E-state index in [1.807, 2.05) is 24.1 Å². The molecule has 0 radical (unpaired) electrons. The lowest BCUT2D eigenvalue weighted by Gasteiger charge is -2.42. The lowest BCUT2D eigenvalue weighted by Crippen LogP contribution is -2.52. The number of methoxy groups -OCH3 is 2. The number of aromatic nitrogens is 1. The summed E-state index contributed by atoms with van der Waals surface area (Å²) in [5.74, 6) is -0.644. The predicted molar refractivity (Wildman–Crippen MR) is 141 cm³/mol. The highest BCUT2D eigenvalue weighted by Gasteiger charge is 2.30. The van der Waals surface area contributed by atoms with Crippen molar-refractivity contribution in [1.82, 2.24) is 15.2 Å². The van der Waals surface area contributed by atoms with E-state index in [9.17, 15) is 9.59 Å². The molecule has 10 nitrogen and oxygen atoms in total. The number of nitrogens with one attached hydrogen (secondary N) is 2. The van der Waals surface area contributed by atoms with Gasteiger partial charge in [-0.25, -0.2) is 4.98 Å². The van der Waals surface area contributed by atoms with Crippen LogP contribution < -0.4 is 15.5 Å². The van der Waals surface area contributed by atoms with E-state index in [0.717, 1.165) is 17.2 Å². The van der Waals surface area contributed by atoms with Gasteiger partial charge in [0.05, 0.1) is 37.7 Å². The molecule has 2 amide bonds. The van der Waals surface area contributed by atoms with Crippen LogP contribution in [0.25, 0.3) is 0 Å². The molecule has 36 heavy (non-hydrogen) atoms. The van der Waals surface area contributed by atoms with Crippen LogP contribution in [0.3, 0.4) is 0 Å². The van der Waals surface area contributed by atoms with Crippen LogP contribution in [0, 0.1) is 0 Å². The van der Waals surface area contributed by atoms with E-state index in [-0.39, 0.29) is 17.4 Å². The van der Waals surface area contributed by atoms with E-state index in [1.54, 1.807) is 25.7 Å². The van der Waals surface area contributed by atoms with Gasteiger partial charge in [-0.2, -0.15) is 0 Å². The highest BCUT2D eigenvalue weighted by Crippen LogP contribution is 2.25. The minimum atomic E-state index is -0.370. The Morgan fingerprint density at radius 3 is 2.72 bits per heavy atom. The average Bonchev–Trinajstić information content (AvgIpc) is 3.35. The normalized spacial score (nSPS) is 15.5. The summed E-state index contributed by atoms with van der Waals surface area (Å²) >= 11 is 1.38. The van der Waals surface area contributed by atoms with Gasteiger partial charge in [-0.05, 0) is 31.5 Å².